The van der Waals surface area contributed by atoms with E-state index in [2.05, 4.69) is 5.32 Å². The van der Waals surface area contributed by atoms with Crippen LogP contribution in [0.1, 0.15) is 11.1 Å². The van der Waals surface area contributed by atoms with Crippen molar-refractivity contribution >= 4 is 40.9 Å². The fourth-order valence-corrected chi connectivity index (χ4v) is 1.94. The molecule has 2 aromatic carbocycles. The molecule has 0 heterocycles. The van der Waals surface area contributed by atoms with E-state index in [1.54, 1.807) is 48.5 Å². The SMILES string of the molecule is N#Cc1cccc(NC(=O)/C=C/c2ccc(Cl)c(Cl)c2)c1. The highest BCUT2D eigenvalue weighted by Gasteiger charge is 2.00. The zero-order valence-corrected chi connectivity index (χ0v) is 12.3. The number of carbonyl (C=O) groups is 1. The van der Waals surface area contributed by atoms with Crippen molar-refractivity contribution in [3.8, 4) is 6.07 Å². The van der Waals surface area contributed by atoms with Gasteiger partial charge in [-0.2, -0.15) is 5.26 Å². The Hall–Kier alpha value is -2.28. The average Bonchev–Trinajstić information content (AvgIpc) is 2.48. The van der Waals surface area contributed by atoms with Crippen molar-refractivity contribution in [2.75, 3.05) is 5.32 Å². The molecule has 104 valence electrons. The third-order valence-corrected chi connectivity index (χ3v) is 3.37. The summed E-state index contributed by atoms with van der Waals surface area (Å²) in [6, 6.07) is 13.8. The molecule has 5 heteroatoms. The van der Waals surface area contributed by atoms with Gasteiger partial charge in [0.25, 0.3) is 0 Å². The maximum Gasteiger partial charge on any atom is 0.248 e. The summed E-state index contributed by atoms with van der Waals surface area (Å²) in [5.41, 5.74) is 1.82. The van der Waals surface area contributed by atoms with Crippen LogP contribution in [0, 0.1) is 11.3 Å². The molecule has 0 saturated heterocycles. The van der Waals surface area contributed by atoms with Crippen molar-refractivity contribution in [2.24, 2.45) is 0 Å². The summed E-state index contributed by atoms with van der Waals surface area (Å²) < 4.78 is 0. The molecule has 2 rings (SSSR count). The lowest BCUT2D eigenvalue weighted by molar-refractivity contribution is -0.111. The molecule has 0 saturated carbocycles. The Kier molecular flexibility index (Phi) is 4.99. The summed E-state index contributed by atoms with van der Waals surface area (Å²) in [5.74, 6) is -0.295. The molecule has 1 N–H and O–H groups in total. The fraction of sp³-hybridized carbons (Fsp3) is 0. The van der Waals surface area contributed by atoms with E-state index in [-0.39, 0.29) is 5.91 Å². The zero-order valence-electron chi connectivity index (χ0n) is 10.8. The molecule has 0 unspecified atom stereocenters. The first-order valence-corrected chi connectivity index (χ1v) is 6.78. The van der Waals surface area contributed by atoms with Gasteiger partial charge in [0.15, 0.2) is 0 Å². The van der Waals surface area contributed by atoms with E-state index in [0.29, 0.717) is 21.3 Å². The van der Waals surface area contributed by atoms with Crippen LogP contribution >= 0.6 is 23.2 Å². The molecule has 0 aromatic heterocycles. The van der Waals surface area contributed by atoms with E-state index < -0.39 is 0 Å². The first-order chi connectivity index (χ1) is 10.1. The summed E-state index contributed by atoms with van der Waals surface area (Å²) in [6.07, 6.45) is 3.02. The Morgan fingerprint density at radius 1 is 1.14 bits per heavy atom. The molecule has 1 amide bonds. The molecule has 0 aliphatic carbocycles. The standard InChI is InChI=1S/C16H10Cl2N2O/c17-14-6-4-11(9-15(14)18)5-7-16(21)20-13-3-1-2-12(8-13)10-19/h1-9H,(H,20,21)/b7-5+. The molecule has 0 fully saturated rings. The first kappa shape index (κ1) is 15.1. The van der Waals surface area contributed by atoms with Crippen LogP contribution < -0.4 is 5.32 Å². The van der Waals surface area contributed by atoms with E-state index in [4.69, 9.17) is 28.5 Å². The number of anilines is 1. The number of nitrogens with zero attached hydrogens (tertiary/aromatic N) is 1. The second kappa shape index (κ2) is 6.94. The number of hydrogen-bond acceptors (Lipinski definition) is 2. The van der Waals surface area contributed by atoms with Gasteiger partial charge < -0.3 is 5.32 Å². The highest BCUT2D eigenvalue weighted by molar-refractivity contribution is 6.42. The first-order valence-electron chi connectivity index (χ1n) is 6.03. The number of hydrogen-bond donors (Lipinski definition) is 1. The van der Waals surface area contributed by atoms with E-state index in [1.807, 2.05) is 6.07 Å². The van der Waals surface area contributed by atoms with Gasteiger partial charge in [-0.1, -0.05) is 35.3 Å². The summed E-state index contributed by atoms with van der Waals surface area (Å²) in [7, 11) is 0. The number of benzene rings is 2. The Balaban J connectivity index is 2.05. The molecular formula is C16H10Cl2N2O. The van der Waals surface area contributed by atoms with Crippen LogP contribution in [-0.2, 0) is 4.79 Å². The van der Waals surface area contributed by atoms with E-state index in [9.17, 15) is 4.79 Å². The zero-order chi connectivity index (χ0) is 15.2. The Morgan fingerprint density at radius 2 is 1.95 bits per heavy atom. The fourth-order valence-electron chi connectivity index (χ4n) is 1.64. The van der Waals surface area contributed by atoms with Crippen molar-refractivity contribution in [3.05, 3.63) is 69.7 Å². The quantitative estimate of drug-likeness (QED) is 0.846. The Morgan fingerprint density at radius 3 is 2.67 bits per heavy atom. The maximum absolute atomic E-state index is 11.8. The lowest BCUT2D eigenvalue weighted by atomic mass is 10.2. The van der Waals surface area contributed by atoms with Crippen LogP contribution in [0.2, 0.25) is 10.0 Å². The van der Waals surface area contributed by atoms with Gasteiger partial charge in [0.1, 0.15) is 0 Å². The summed E-state index contributed by atoms with van der Waals surface area (Å²) in [5, 5.41) is 12.4. The van der Waals surface area contributed by atoms with Crippen LogP contribution in [0.4, 0.5) is 5.69 Å². The largest absolute Gasteiger partial charge is 0.322 e. The predicted molar refractivity (Wildman–Crippen MR) is 85.3 cm³/mol. The van der Waals surface area contributed by atoms with E-state index in [1.165, 1.54) is 6.08 Å². The second-order valence-electron chi connectivity index (χ2n) is 4.19. The van der Waals surface area contributed by atoms with Crippen LogP contribution in [-0.4, -0.2) is 5.91 Å². The van der Waals surface area contributed by atoms with Gasteiger partial charge in [0.2, 0.25) is 5.91 Å². The number of nitriles is 1. The number of nitrogens with one attached hydrogen (secondary N) is 1. The monoisotopic (exact) mass is 316 g/mol. The smallest absolute Gasteiger partial charge is 0.248 e. The van der Waals surface area contributed by atoms with Crippen molar-refractivity contribution < 1.29 is 4.79 Å². The molecule has 2 aromatic rings. The molecule has 0 aliphatic rings. The van der Waals surface area contributed by atoms with E-state index >= 15 is 0 Å². The van der Waals surface area contributed by atoms with Gasteiger partial charge in [-0.05, 0) is 42.0 Å². The molecule has 0 spiro atoms. The molecule has 0 atom stereocenters. The van der Waals surface area contributed by atoms with Crippen molar-refractivity contribution in [3.63, 3.8) is 0 Å². The summed E-state index contributed by atoms with van der Waals surface area (Å²) in [4.78, 5) is 11.8. The van der Waals surface area contributed by atoms with Crippen LogP contribution in [0.5, 0.6) is 0 Å². The average molecular weight is 317 g/mol. The molecule has 0 bridgehead atoms. The summed E-state index contributed by atoms with van der Waals surface area (Å²) in [6.45, 7) is 0. The number of carbonyl (C=O) groups excluding carboxylic acids is 1. The van der Waals surface area contributed by atoms with Gasteiger partial charge in [0, 0.05) is 11.8 Å². The third-order valence-electron chi connectivity index (χ3n) is 2.63. The highest BCUT2D eigenvalue weighted by Crippen LogP contribution is 2.23. The summed E-state index contributed by atoms with van der Waals surface area (Å²) >= 11 is 11.7. The van der Waals surface area contributed by atoms with Crippen molar-refractivity contribution in [2.45, 2.75) is 0 Å². The Bertz CT molecular complexity index is 748. The van der Waals surface area contributed by atoms with Gasteiger partial charge in [0.05, 0.1) is 21.7 Å². The molecule has 3 nitrogen and oxygen atoms in total. The molecule has 21 heavy (non-hydrogen) atoms. The maximum atomic E-state index is 11.8. The van der Waals surface area contributed by atoms with Crippen molar-refractivity contribution in [1.82, 2.24) is 0 Å². The van der Waals surface area contributed by atoms with E-state index in [0.717, 1.165) is 5.56 Å². The number of rotatable bonds is 3. The van der Waals surface area contributed by atoms with Crippen molar-refractivity contribution in [1.29, 1.82) is 5.26 Å². The predicted octanol–water partition coefficient (Wildman–Crippen LogP) is 4.52. The minimum Gasteiger partial charge on any atom is -0.322 e. The minimum atomic E-state index is -0.295. The number of amides is 1. The molecular weight excluding hydrogens is 307 g/mol. The Labute approximate surface area is 132 Å². The van der Waals surface area contributed by atoms with Gasteiger partial charge in [-0.15, -0.1) is 0 Å². The van der Waals surface area contributed by atoms with Gasteiger partial charge in [-0.25, -0.2) is 0 Å². The topological polar surface area (TPSA) is 52.9 Å². The van der Waals surface area contributed by atoms with Gasteiger partial charge in [-0.3, -0.25) is 4.79 Å². The normalized spacial score (nSPS) is 10.3. The van der Waals surface area contributed by atoms with Crippen LogP contribution in [0.25, 0.3) is 6.08 Å². The minimum absolute atomic E-state index is 0.295. The molecule has 0 radical (unpaired) electrons. The molecule has 0 aliphatic heterocycles. The second-order valence-corrected chi connectivity index (χ2v) is 5.00. The number of halogens is 2. The lowest BCUT2D eigenvalue weighted by Crippen LogP contribution is -2.07. The van der Waals surface area contributed by atoms with Crippen LogP contribution in [0.15, 0.2) is 48.5 Å². The van der Waals surface area contributed by atoms with Gasteiger partial charge >= 0.3 is 0 Å². The highest BCUT2D eigenvalue weighted by atomic mass is 35.5. The van der Waals surface area contributed by atoms with Crippen LogP contribution in [0.3, 0.4) is 0 Å². The third kappa shape index (κ3) is 4.35. The lowest BCUT2D eigenvalue weighted by Gasteiger charge is -2.02.